The fourth-order valence-electron chi connectivity index (χ4n) is 2.63. The number of piperidine rings is 1. The molecule has 0 aliphatic carbocycles. The third kappa shape index (κ3) is 5.12. The summed E-state index contributed by atoms with van der Waals surface area (Å²) in [6, 6.07) is 0.0541. The van der Waals surface area contributed by atoms with E-state index in [1.54, 1.807) is 0 Å². The Balaban J connectivity index is 0.00000162. The average molecular weight is 277 g/mol. The van der Waals surface area contributed by atoms with Crippen molar-refractivity contribution in [2.24, 2.45) is 5.92 Å². The summed E-state index contributed by atoms with van der Waals surface area (Å²) in [5.74, 6) is 0.931. The molecule has 0 spiro atoms. The lowest BCUT2D eigenvalue weighted by molar-refractivity contribution is -0.123. The van der Waals surface area contributed by atoms with Gasteiger partial charge >= 0.3 is 0 Å². The lowest BCUT2D eigenvalue weighted by atomic mass is 9.96. The summed E-state index contributed by atoms with van der Waals surface area (Å²) in [5, 5.41) is 6.33. The molecule has 1 atom stereocenters. The number of hydrogen-bond donors (Lipinski definition) is 2. The molecule has 0 aromatic carbocycles. The molecule has 0 aromatic rings. The molecule has 2 heterocycles. The van der Waals surface area contributed by atoms with E-state index in [0.717, 1.165) is 57.9 Å². The molecular weight excluding hydrogens is 252 g/mol. The highest BCUT2D eigenvalue weighted by molar-refractivity contribution is 5.85. The van der Waals surface area contributed by atoms with Gasteiger partial charge in [-0.15, -0.1) is 12.4 Å². The first-order chi connectivity index (χ1) is 8.36. The van der Waals surface area contributed by atoms with E-state index in [-0.39, 0.29) is 24.4 Å². The highest BCUT2D eigenvalue weighted by atomic mass is 35.5. The second kappa shape index (κ2) is 8.73. The predicted molar refractivity (Wildman–Crippen MR) is 74.1 cm³/mol. The molecule has 2 saturated heterocycles. The Bertz CT molecular complexity index is 239. The first-order valence-corrected chi connectivity index (χ1v) is 6.95. The van der Waals surface area contributed by atoms with Crippen molar-refractivity contribution in [2.45, 2.75) is 44.6 Å². The number of ether oxygens (including phenoxy) is 1. The van der Waals surface area contributed by atoms with E-state index in [2.05, 4.69) is 10.6 Å². The second-order valence-electron chi connectivity index (χ2n) is 5.14. The van der Waals surface area contributed by atoms with Crippen LogP contribution in [-0.2, 0) is 9.53 Å². The van der Waals surface area contributed by atoms with Crippen molar-refractivity contribution in [3.63, 3.8) is 0 Å². The van der Waals surface area contributed by atoms with Gasteiger partial charge in [-0.3, -0.25) is 4.79 Å². The van der Waals surface area contributed by atoms with Crippen LogP contribution >= 0.6 is 12.4 Å². The highest BCUT2D eigenvalue weighted by Gasteiger charge is 2.20. The number of halogens is 1. The van der Waals surface area contributed by atoms with Crippen LogP contribution in [0.1, 0.15) is 38.5 Å². The maximum atomic E-state index is 11.8. The van der Waals surface area contributed by atoms with Crippen LogP contribution < -0.4 is 10.6 Å². The molecule has 2 aliphatic rings. The quantitative estimate of drug-likeness (QED) is 0.818. The number of hydrogen-bond acceptors (Lipinski definition) is 3. The second-order valence-corrected chi connectivity index (χ2v) is 5.14. The fourth-order valence-corrected chi connectivity index (χ4v) is 2.63. The summed E-state index contributed by atoms with van der Waals surface area (Å²) in [6.45, 7) is 3.59. The van der Waals surface area contributed by atoms with Crippen molar-refractivity contribution in [1.29, 1.82) is 0 Å². The van der Waals surface area contributed by atoms with Gasteiger partial charge in [-0.05, 0) is 44.6 Å². The topological polar surface area (TPSA) is 50.4 Å². The van der Waals surface area contributed by atoms with Gasteiger partial charge in [0, 0.05) is 19.8 Å². The summed E-state index contributed by atoms with van der Waals surface area (Å²) in [6.07, 6.45) is 6.76. The first-order valence-electron chi connectivity index (χ1n) is 6.95. The summed E-state index contributed by atoms with van der Waals surface area (Å²) in [5.41, 5.74) is 0. The van der Waals surface area contributed by atoms with Crippen LogP contribution in [0, 0.1) is 5.92 Å². The van der Waals surface area contributed by atoms with Gasteiger partial charge in [0.15, 0.2) is 0 Å². The number of rotatable bonds is 4. The minimum atomic E-state index is 0. The van der Waals surface area contributed by atoms with Crippen molar-refractivity contribution in [1.82, 2.24) is 10.6 Å². The van der Waals surface area contributed by atoms with Gasteiger partial charge in [0.1, 0.15) is 0 Å². The smallest absolute Gasteiger partial charge is 0.237 e. The minimum absolute atomic E-state index is 0. The number of nitrogens with one attached hydrogen (secondary N) is 2. The number of carbonyl (C=O) groups excluding carboxylic acids is 1. The van der Waals surface area contributed by atoms with E-state index in [9.17, 15) is 4.79 Å². The van der Waals surface area contributed by atoms with Gasteiger partial charge in [0.25, 0.3) is 0 Å². The Labute approximate surface area is 116 Å². The fraction of sp³-hybridized carbons (Fsp3) is 0.923. The SMILES string of the molecule is Cl.O=C(NCCC1CCOCC1)C1CCCCN1. The van der Waals surface area contributed by atoms with Crippen molar-refractivity contribution in [2.75, 3.05) is 26.3 Å². The van der Waals surface area contributed by atoms with Gasteiger partial charge < -0.3 is 15.4 Å². The molecule has 4 nitrogen and oxygen atoms in total. The zero-order chi connectivity index (χ0) is 11.9. The largest absolute Gasteiger partial charge is 0.381 e. The molecule has 2 rings (SSSR count). The normalized spacial score (nSPS) is 25.2. The van der Waals surface area contributed by atoms with E-state index < -0.39 is 0 Å². The number of carbonyl (C=O) groups is 1. The molecule has 0 bridgehead atoms. The van der Waals surface area contributed by atoms with Gasteiger partial charge in [-0.25, -0.2) is 0 Å². The Morgan fingerprint density at radius 3 is 2.67 bits per heavy atom. The zero-order valence-electron chi connectivity index (χ0n) is 11.0. The van der Waals surface area contributed by atoms with Crippen LogP contribution in [0.5, 0.6) is 0 Å². The molecule has 2 fully saturated rings. The molecule has 18 heavy (non-hydrogen) atoms. The highest BCUT2D eigenvalue weighted by Crippen LogP contribution is 2.17. The molecule has 1 amide bonds. The molecule has 106 valence electrons. The van der Waals surface area contributed by atoms with E-state index in [4.69, 9.17) is 4.74 Å². The Kier molecular flexibility index (Phi) is 7.63. The Hall–Kier alpha value is -0.320. The van der Waals surface area contributed by atoms with Crippen LogP contribution in [0.4, 0.5) is 0 Å². The van der Waals surface area contributed by atoms with Crippen LogP contribution in [-0.4, -0.2) is 38.3 Å². The minimum Gasteiger partial charge on any atom is -0.381 e. The average Bonchev–Trinajstić information content (AvgIpc) is 2.41. The number of amides is 1. The van der Waals surface area contributed by atoms with E-state index in [0.29, 0.717) is 0 Å². The maximum Gasteiger partial charge on any atom is 0.237 e. The summed E-state index contributed by atoms with van der Waals surface area (Å²) < 4.78 is 5.32. The third-order valence-corrected chi connectivity index (χ3v) is 3.82. The standard InChI is InChI=1S/C13H24N2O2.ClH/c16-13(12-3-1-2-7-14-12)15-8-4-11-5-9-17-10-6-11;/h11-12,14H,1-10H2,(H,15,16);1H. The summed E-state index contributed by atoms with van der Waals surface area (Å²) in [4.78, 5) is 11.8. The Morgan fingerprint density at radius 2 is 2.00 bits per heavy atom. The molecule has 0 radical (unpaired) electrons. The first kappa shape index (κ1) is 15.7. The predicted octanol–water partition coefficient (Wildman–Crippen LogP) is 1.48. The summed E-state index contributed by atoms with van der Waals surface area (Å²) in [7, 11) is 0. The zero-order valence-corrected chi connectivity index (χ0v) is 11.8. The lowest BCUT2D eigenvalue weighted by Crippen LogP contribution is -2.47. The Morgan fingerprint density at radius 1 is 1.22 bits per heavy atom. The monoisotopic (exact) mass is 276 g/mol. The van der Waals surface area contributed by atoms with Gasteiger partial charge in [0.2, 0.25) is 5.91 Å². The summed E-state index contributed by atoms with van der Waals surface area (Å²) >= 11 is 0. The van der Waals surface area contributed by atoms with Crippen LogP contribution in [0.25, 0.3) is 0 Å². The van der Waals surface area contributed by atoms with Gasteiger partial charge in [0.05, 0.1) is 6.04 Å². The van der Waals surface area contributed by atoms with Crippen molar-refractivity contribution in [3.8, 4) is 0 Å². The van der Waals surface area contributed by atoms with Gasteiger partial charge in [-0.2, -0.15) is 0 Å². The van der Waals surface area contributed by atoms with Crippen molar-refractivity contribution in [3.05, 3.63) is 0 Å². The van der Waals surface area contributed by atoms with Crippen molar-refractivity contribution < 1.29 is 9.53 Å². The van der Waals surface area contributed by atoms with E-state index >= 15 is 0 Å². The van der Waals surface area contributed by atoms with E-state index in [1.165, 1.54) is 12.8 Å². The van der Waals surface area contributed by atoms with Crippen molar-refractivity contribution >= 4 is 18.3 Å². The van der Waals surface area contributed by atoms with Crippen LogP contribution in [0.15, 0.2) is 0 Å². The maximum absolute atomic E-state index is 11.8. The molecule has 0 saturated carbocycles. The van der Waals surface area contributed by atoms with Gasteiger partial charge in [-0.1, -0.05) is 6.42 Å². The van der Waals surface area contributed by atoms with Crippen LogP contribution in [0.3, 0.4) is 0 Å². The lowest BCUT2D eigenvalue weighted by Gasteiger charge is -2.24. The van der Waals surface area contributed by atoms with Crippen LogP contribution in [0.2, 0.25) is 0 Å². The molecule has 5 heteroatoms. The molecule has 1 unspecified atom stereocenters. The molecular formula is C13H25ClN2O2. The molecule has 2 aliphatic heterocycles. The molecule has 2 N–H and O–H groups in total. The molecule has 0 aromatic heterocycles. The van der Waals surface area contributed by atoms with E-state index in [1.807, 2.05) is 0 Å². The third-order valence-electron chi connectivity index (χ3n) is 3.82.